The van der Waals surface area contributed by atoms with Gasteiger partial charge in [0.1, 0.15) is 17.2 Å². The van der Waals surface area contributed by atoms with Gasteiger partial charge in [-0.1, -0.05) is 58.5 Å². The van der Waals surface area contributed by atoms with Crippen molar-refractivity contribution in [3.8, 4) is 5.75 Å². The first kappa shape index (κ1) is 14.1. The monoisotopic (exact) mass is 361 g/mol. The first-order valence-electron chi connectivity index (χ1n) is 6.34. The molecule has 0 aliphatic heterocycles. The number of fused-ring (bicyclic) bond motifs is 1. The topological polar surface area (TPSA) is 48.4 Å². The lowest BCUT2D eigenvalue weighted by molar-refractivity contribution is 0.303. The molecule has 0 spiro atoms. The summed E-state index contributed by atoms with van der Waals surface area (Å²) in [5.74, 6) is 1.01. The van der Waals surface area contributed by atoms with E-state index in [0.29, 0.717) is 23.7 Å². The minimum atomic E-state index is 0.188. The summed E-state index contributed by atoms with van der Waals surface area (Å²) < 4.78 is 12.6. The van der Waals surface area contributed by atoms with E-state index in [0.717, 1.165) is 15.4 Å². The van der Waals surface area contributed by atoms with Gasteiger partial charge < -0.3 is 14.9 Å². The maximum atomic E-state index is 5.93. The number of thiocarbonyl (C=S) groups is 1. The number of nitrogens with two attached hydrogens (primary N) is 1. The predicted molar refractivity (Wildman–Crippen MR) is 90.6 cm³/mol. The van der Waals surface area contributed by atoms with Gasteiger partial charge in [-0.15, -0.1) is 0 Å². The molecule has 0 saturated heterocycles. The van der Waals surface area contributed by atoms with Crippen LogP contribution in [0.4, 0.5) is 0 Å². The average molecular weight is 362 g/mol. The van der Waals surface area contributed by atoms with Crippen molar-refractivity contribution < 1.29 is 9.15 Å². The molecule has 1 aromatic heterocycles. The van der Waals surface area contributed by atoms with E-state index >= 15 is 0 Å². The Balaban J connectivity index is 1.98. The van der Waals surface area contributed by atoms with E-state index in [1.54, 1.807) is 0 Å². The van der Waals surface area contributed by atoms with Crippen LogP contribution in [0.25, 0.3) is 11.0 Å². The molecule has 0 atom stereocenters. The number of halogens is 1. The lowest BCUT2D eigenvalue weighted by Gasteiger charge is -2.08. The summed E-state index contributed by atoms with van der Waals surface area (Å²) in [7, 11) is 0. The number of hydrogen-bond acceptors (Lipinski definition) is 3. The average Bonchev–Trinajstić information content (AvgIpc) is 2.85. The van der Waals surface area contributed by atoms with E-state index in [2.05, 4.69) is 15.9 Å². The second-order valence-corrected chi connectivity index (χ2v) is 5.79. The molecule has 5 heteroatoms. The van der Waals surface area contributed by atoms with Gasteiger partial charge in [0, 0.05) is 10.0 Å². The van der Waals surface area contributed by atoms with Crippen LogP contribution in [0.2, 0.25) is 0 Å². The molecule has 1 heterocycles. The van der Waals surface area contributed by atoms with Gasteiger partial charge in [0.25, 0.3) is 0 Å². The van der Waals surface area contributed by atoms with E-state index in [1.165, 1.54) is 0 Å². The first-order chi connectivity index (χ1) is 10.2. The van der Waals surface area contributed by atoms with Crippen LogP contribution in [0, 0.1) is 0 Å². The number of ether oxygens (including phenoxy) is 1. The van der Waals surface area contributed by atoms with Crippen molar-refractivity contribution >= 4 is 44.1 Å². The highest BCUT2D eigenvalue weighted by Crippen LogP contribution is 2.34. The lowest BCUT2D eigenvalue weighted by Crippen LogP contribution is -2.10. The minimum Gasteiger partial charge on any atom is -0.484 e. The van der Waals surface area contributed by atoms with E-state index in [1.807, 2.05) is 48.5 Å². The molecule has 0 aliphatic carbocycles. The van der Waals surface area contributed by atoms with Gasteiger partial charge in [-0.3, -0.25) is 0 Å². The fourth-order valence-corrected chi connectivity index (χ4v) is 2.63. The number of para-hydroxylation sites is 1. The van der Waals surface area contributed by atoms with E-state index in [-0.39, 0.29) is 4.99 Å². The zero-order valence-electron chi connectivity index (χ0n) is 11.0. The summed E-state index contributed by atoms with van der Waals surface area (Å²) in [6.45, 7) is 0.403. The van der Waals surface area contributed by atoms with Gasteiger partial charge in [0.2, 0.25) is 5.76 Å². The SMILES string of the molecule is NC(=S)c1oc2ccccc2c1OCc1ccccc1Br. The molecule has 0 radical (unpaired) electrons. The summed E-state index contributed by atoms with van der Waals surface area (Å²) in [6.07, 6.45) is 0. The zero-order valence-corrected chi connectivity index (χ0v) is 13.4. The molecule has 0 fully saturated rings. The quantitative estimate of drug-likeness (QED) is 0.699. The third kappa shape index (κ3) is 2.80. The van der Waals surface area contributed by atoms with Gasteiger partial charge in [0.15, 0.2) is 5.75 Å². The molecule has 0 aliphatic rings. The Labute approximate surface area is 135 Å². The molecule has 21 heavy (non-hydrogen) atoms. The van der Waals surface area contributed by atoms with Crippen LogP contribution in [0.1, 0.15) is 11.3 Å². The van der Waals surface area contributed by atoms with Crippen molar-refractivity contribution in [1.82, 2.24) is 0 Å². The normalized spacial score (nSPS) is 10.7. The largest absolute Gasteiger partial charge is 0.484 e. The smallest absolute Gasteiger partial charge is 0.204 e. The van der Waals surface area contributed by atoms with Gasteiger partial charge in [0.05, 0.1) is 5.39 Å². The van der Waals surface area contributed by atoms with Crippen LogP contribution in [0.5, 0.6) is 5.75 Å². The maximum absolute atomic E-state index is 5.93. The molecule has 0 amide bonds. The summed E-state index contributed by atoms with van der Waals surface area (Å²) in [5, 5.41) is 0.868. The molecular formula is C16H12BrNO2S. The number of hydrogen-bond donors (Lipinski definition) is 1. The van der Waals surface area contributed by atoms with Crippen molar-refractivity contribution in [2.24, 2.45) is 5.73 Å². The van der Waals surface area contributed by atoms with Gasteiger partial charge in [-0.25, -0.2) is 0 Å². The Morgan fingerprint density at radius 3 is 2.62 bits per heavy atom. The molecule has 3 nitrogen and oxygen atoms in total. The van der Waals surface area contributed by atoms with Crippen LogP contribution in [0.3, 0.4) is 0 Å². The number of rotatable bonds is 4. The number of furan rings is 1. The van der Waals surface area contributed by atoms with Crippen LogP contribution >= 0.6 is 28.1 Å². The molecule has 3 rings (SSSR count). The molecule has 0 bridgehead atoms. The standard InChI is InChI=1S/C16H12BrNO2S/c17-12-7-3-1-5-10(12)9-19-14-11-6-2-4-8-13(11)20-15(14)16(18)21/h1-8H,9H2,(H2,18,21). The fraction of sp³-hybridized carbons (Fsp3) is 0.0625. The number of benzene rings is 2. The molecule has 2 aromatic carbocycles. The molecule has 106 valence electrons. The van der Waals surface area contributed by atoms with Crippen LogP contribution < -0.4 is 10.5 Å². The minimum absolute atomic E-state index is 0.188. The van der Waals surface area contributed by atoms with E-state index < -0.39 is 0 Å². The molecule has 0 unspecified atom stereocenters. The first-order valence-corrected chi connectivity index (χ1v) is 7.54. The van der Waals surface area contributed by atoms with E-state index in [9.17, 15) is 0 Å². The van der Waals surface area contributed by atoms with E-state index in [4.69, 9.17) is 27.1 Å². The van der Waals surface area contributed by atoms with Crippen LogP contribution in [0.15, 0.2) is 57.4 Å². The second-order valence-electron chi connectivity index (χ2n) is 4.50. The predicted octanol–water partition coefficient (Wildman–Crippen LogP) is 4.41. The molecule has 3 aromatic rings. The van der Waals surface area contributed by atoms with Gasteiger partial charge in [-0.05, 0) is 18.2 Å². The maximum Gasteiger partial charge on any atom is 0.204 e. The fourth-order valence-electron chi connectivity index (χ4n) is 2.09. The second kappa shape index (κ2) is 5.87. The van der Waals surface area contributed by atoms with Crippen molar-refractivity contribution in [1.29, 1.82) is 0 Å². The zero-order chi connectivity index (χ0) is 14.8. The van der Waals surface area contributed by atoms with Gasteiger partial charge >= 0.3 is 0 Å². The third-order valence-electron chi connectivity index (χ3n) is 3.10. The Morgan fingerprint density at radius 2 is 1.86 bits per heavy atom. The Hall–Kier alpha value is -1.85. The highest BCUT2D eigenvalue weighted by atomic mass is 79.9. The Morgan fingerprint density at radius 1 is 1.14 bits per heavy atom. The molecule has 2 N–H and O–H groups in total. The summed E-state index contributed by atoms with van der Waals surface area (Å²) in [4.78, 5) is 0.188. The molecule has 0 saturated carbocycles. The highest BCUT2D eigenvalue weighted by molar-refractivity contribution is 9.10. The van der Waals surface area contributed by atoms with Crippen molar-refractivity contribution in [2.45, 2.75) is 6.61 Å². The van der Waals surface area contributed by atoms with Crippen molar-refractivity contribution in [3.63, 3.8) is 0 Å². The summed E-state index contributed by atoms with van der Waals surface area (Å²) in [6, 6.07) is 15.5. The third-order valence-corrected chi connectivity index (χ3v) is 4.06. The van der Waals surface area contributed by atoms with Crippen molar-refractivity contribution in [3.05, 3.63) is 64.3 Å². The summed E-state index contributed by atoms with van der Waals surface area (Å²) in [5.41, 5.74) is 7.47. The van der Waals surface area contributed by atoms with Crippen molar-refractivity contribution in [2.75, 3.05) is 0 Å². The molecular weight excluding hydrogens is 350 g/mol. The summed E-state index contributed by atoms with van der Waals surface area (Å²) >= 11 is 8.55. The van der Waals surface area contributed by atoms with Crippen LogP contribution in [-0.4, -0.2) is 4.99 Å². The van der Waals surface area contributed by atoms with Crippen LogP contribution in [-0.2, 0) is 6.61 Å². The lowest BCUT2D eigenvalue weighted by atomic mass is 10.2. The Kier molecular flexibility index (Phi) is 3.94. The van der Waals surface area contributed by atoms with Gasteiger partial charge in [-0.2, -0.15) is 0 Å². The highest BCUT2D eigenvalue weighted by Gasteiger charge is 2.17. The Bertz CT molecular complexity index is 813.